The Bertz CT molecular complexity index is 826. The molecule has 4 heteroatoms. The highest BCUT2D eigenvalue weighted by molar-refractivity contribution is 5.34. The van der Waals surface area contributed by atoms with Crippen LogP contribution in [0.15, 0.2) is 67.1 Å². The molecule has 1 aliphatic heterocycles. The summed E-state index contributed by atoms with van der Waals surface area (Å²) in [6.45, 7) is 5.78. The molecule has 1 aliphatic rings. The van der Waals surface area contributed by atoms with E-state index in [1.165, 1.54) is 16.8 Å². The highest BCUT2D eigenvalue weighted by Gasteiger charge is 2.27. The quantitative estimate of drug-likeness (QED) is 0.690. The fourth-order valence-electron chi connectivity index (χ4n) is 3.83. The van der Waals surface area contributed by atoms with E-state index < -0.39 is 0 Å². The van der Waals surface area contributed by atoms with E-state index in [9.17, 15) is 0 Å². The second-order valence-corrected chi connectivity index (χ2v) is 6.71. The second kappa shape index (κ2) is 7.75. The van der Waals surface area contributed by atoms with Crippen molar-refractivity contribution in [3.63, 3.8) is 0 Å². The summed E-state index contributed by atoms with van der Waals surface area (Å²) in [4.78, 5) is 6.73. The van der Waals surface area contributed by atoms with Gasteiger partial charge in [-0.3, -0.25) is 9.88 Å². The smallest absolute Gasteiger partial charge is 0.119 e. The van der Waals surface area contributed by atoms with E-state index in [-0.39, 0.29) is 6.04 Å². The molecule has 1 unspecified atom stereocenters. The lowest BCUT2D eigenvalue weighted by atomic mass is 10.0. The predicted octanol–water partition coefficient (Wildman–Crippen LogP) is 4.28. The average Bonchev–Trinajstić information content (AvgIpc) is 3.06. The molecule has 3 heterocycles. The minimum absolute atomic E-state index is 0.247. The van der Waals surface area contributed by atoms with E-state index in [4.69, 9.17) is 4.74 Å². The Morgan fingerprint density at radius 2 is 1.85 bits per heavy atom. The summed E-state index contributed by atoms with van der Waals surface area (Å²) in [6, 6.07) is 17.5. The van der Waals surface area contributed by atoms with Crippen molar-refractivity contribution in [1.82, 2.24) is 14.5 Å². The van der Waals surface area contributed by atoms with Crippen molar-refractivity contribution in [1.29, 1.82) is 0 Å². The van der Waals surface area contributed by atoms with Crippen molar-refractivity contribution in [3.8, 4) is 5.75 Å². The third-order valence-electron chi connectivity index (χ3n) is 5.00. The van der Waals surface area contributed by atoms with E-state index in [0.29, 0.717) is 6.61 Å². The second-order valence-electron chi connectivity index (χ2n) is 6.71. The summed E-state index contributed by atoms with van der Waals surface area (Å²) < 4.78 is 8.02. The average molecular weight is 347 g/mol. The molecule has 0 fully saturated rings. The molecule has 1 aromatic carbocycles. The van der Waals surface area contributed by atoms with Crippen LogP contribution in [0.3, 0.4) is 0 Å². The number of ether oxygens (including phenoxy) is 1. The molecule has 0 spiro atoms. The van der Waals surface area contributed by atoms with Gasteiger partial charge >= 0.3 is 0 Å². The molecule has 0 saturated carbocycles. The number of rotatable bonds is 5. The Labute approximate surface area is 155 Å². The maximum atomic E-state index is 5.62. The lowest BCUT2D eigenvalue weighted by Gasteiger charge is -2.30. The van der Waals surface area contributed by atoms with Gasteiger partial charge in [-0.25, -0.2) is 0 Å². The van der Waals surface area contributed by atoms with Gasteiger partial charge in [0.25, 0.3) is 0 Å². The van der Waals surface area contributed by atoms with Crippen molar-refractivity contribution in [2.24, 2.45) is 0 Å². The molecule has 3 aromatic rings. The minimum atomic E-state index is 0.247. The summed E-state index contributed by atoms with van der Waals surface area (Å²) in [7, 11) is 0. The number of fused-ring (bicyclic) bond motifs is 1. The first kappa shape index (κ1) is 16.9. The lowest BCUT2D eigenvalue weighted by molar-refractivity contribution is 0.220. The number of benzene rings is 1. The molecular formula is C22H25N3O. The van der Waals surface area contributed by atoms with E-state index in [1.54, 1.807) is 0 Å². The molecular weight excluding hydrogens is 322 g/mol. The van der Waals surface area contributed by atoms with Crippen LogP contribution in [0.1, 0.15) is 36.2 Å². The van der Waals surface area contributed by atoms with Crippen LogP contribution < -0.4 is 4.74 Å². The van der Waals surface area contributed by atoms with Crippen LogP contribution >= 0.6 is 0 Å². The highest BCUT2D eigenvalue weighted by atomic mass is 16.5. The molecule has 26 heavy (non-hydrogen) atoms. The molecule has 0 saturated heterocycles. The maximum Gasteiger partial charge on any atom is 0.119 e. The van der Waals surface area contributed by atoms with Crippen molar-refractivity contribution < 1.29 is 4.74 Å². The van der Waals surface area contributed by atoms with Gasteiger partial charge in [-0.05, 0) is 60.9 Å². The number of nitrogens with zero attached hydrogens (tertiary/aromatic N) is 3. The van der Waals surface area contributed by atoms with E-state index >= 15 is 0 Å². The SMILES string of the molecule is CCOc1ccc(C2c3cccn3CCCN2Cc2ccncc2)cc1. The van der Waals surface area contributed by atoms with Gasteiger partial charge in [0, 0.05) is 43.9 Å². The molecule has 1 atom stereocenters. The van der Waals surface area contributed by atoms with Crippen LogP contribution in [0.4, 0.5) is 0 Å². The number of hydrogen-bond acceptors (Lipinski definition) is 3. The fourth-order valence-corrected chi connectivity index (χ4v) is 3.83. The van der Waals surface area contributed by atoms with Crippen LogP contribution in [0.25, 0.3) is 0 Å². The van der Waals surface area contributed by atoms with Crippen LogP contribution in [-0.2, 0) is 13.1 Å². The number of pyridine rings is 1. The van der Waals surface area contributed by atoms with Crippen molar-refractivity contribution in [2.45, 2.75) is 32.5 Å². The van der Waals surface area contributed by atoms with Gasteiger partial charge in [0.15, 0.2) is 0 Å². The Morgan fingerprint density at radius 1 is 1.04 bits per heavy atom. The zero-order chi connectivity index (χ0) is 17.8. The molecule has 0 aliphatic carbocycles. The van der Waals surface area contributed by atoms with Gasteiger partial charge in [-0.1, -0.05) is 12.1 Å². The van der Waals surface area contributed by atoms with Gasteiger partial charge in [-0.2, -0.15) is 0 Å². The standard InChI is InChI=1S/C22H25N3O/c1-2-26-20-8-6-19(7-9-20)22-21-5-3-14-24(21)15-4-16-25(22)17-18-10-12-23-13-11-18/h3,5-14,22H,2,4,15-17H2,1H3. The van der Waals surface area contributed by atoms with Crippen molar-refractivity contribution in [3.05, 3.63) is 83.9 Å². The Hall–Kier alpha value is -2.59. The largest absolute Gasteiger partial charge is 0.494 e. The first-order valence-electron chi connectivity index (χ1n) is 9.36. The van der Waals surface area contributed by atoms with Crippen molar-refractivity contribution >= 4 is 0 Å². The van der Waals surface area contributed by atoms with Gasteiger partial charge in [0.2, 0.25) is 0 Å². The first-order chi connectivity index (χ1) is 12.8. The third kappa shape index (κ3) is 3.51. The van der Waals surface area contributed by atoms with E-state index in [1.807, 2.05) is 19.3 Å². The summed E-state index contributed by atoms with van der Waals surface area (Å²) in [5.41, 5.74) is 3.97. The molecule has 2 aromatic heterocycles. The minimum Gasteiger partial charge on any atom is -0.494 e. The molecule has 0 bridgehead atoms. The molecule has 0 N–H and O–H groups in total. The molecule has 0 amide bonds. The monoisotopic (exact) mass is 347 g/mol. The predicted molar refractivity (Wildman–Crippen MR) is 103 cm³/mol. The number of hydrogen-bond donors (Lipinski definition) is 0. The van der Waals surface area contributed by atoms with Gasteiger partial charge in [0.1, 0.15) is 5.75 Å². The topological polar surface area (TPSA) is 30.3 Å². The zero-order valence-corrected chi connectivity index (χ0v) is 15.2. The Morgan fingerprint density at radius 3 is 2.62 bits per heavy atom. The molecule has 4 nitrogen and oxygen atoms in total. The van der Waals surface area contributed by atoms with Crippen molar-refractivity contribution in [2.75, 3.05) is 13.2 Å². The Balaban J connectivity index is 1.69. The maximum absolute atomic E-state index is 5.62. The summed E-state index contributed by atoms with van der Waals surface area (Å²) >= 11 is 0. The van der Waals surface area contributed by atoms with Gasteiger partial charge in [-0.15, -0.1) is 0 Å². The summed E-state index contributed by atoms with van der Waals surface area (Å²) in [5.74, 6) is 0.931. The van der Waals surface area contributed by atoms with E-state index in [0.717, 1.165) is 31.8 Å². The molecule has 4 rings (SSSR count). The van der Waals surface area contributed by atoms with Crippen LogP contribution in [0.2, 0.25) is 0 Å². The lowest BCUT2D eigenvalue weighted by Crippen LogP contribution is -2.29. The van der Waals surface area contributed by atoms with Crippen LogP contribution in [-0.4, -0.2) is 27.6 Å². The fraction of sp³-hybridized carbons (Fsp3) is 0.318. The summed E-state index contributed by atoms with van der Waals surface area (Å²) in [5, 5.41) is 0. The molecule has 0 radical (unpaired) electrons. The van der Waals surface area contributed by atoms with Crippen LogP contribution in [0.5, 0.6) is 5.75 Å². The number of aryl methyl sites for hydroxylation is 1. The van der Waals surface area contributed by atoms with E-state index in [2.05, 4.69) is 69.2 Å². The number of aromatic nitrogens is 2. The highest BCUT2D eigenvalue weighted by Crippen LogP contribution is 2.33. The first-order valence-corrected chi connectivity index (χ1v) is 9.36. The third-order valence-corrected chi connectivity index (χ3v) is 5.00. The van der Waals surface area contributed by atoms with Gasteiger partial charge in [0.05, 0.1) is 12.6 Å². The van der Waals surface area contributed by atoms with Gasteiger partial charge < -0.3 is 9.30 Å². The zero-order valence-electron chi connectivity index (χ0n) is 15.2. The molecule has 134 valence electrons. The van der Waals surface area contributed by atoms with Crippen LogP contribution in [0, 0.1) is 0 Å². The Kier molecular flexibility index (Phi) is 5.02. The summed E-state index contributed by atoms with van der Waals surface area (Å²) in [6.07, 6.45) is 7.11. The normalized spacial score (nSPS) is 17.5.